The number of hydrogen-bond acceptors (Lipinski definition) is 8. The molecule has 0 atom stereocenters. The number of fused-ring (bicyclic) bond motifs is 2. The smallest absolute Gasteiger partial charge is 0.341 e. The van der Waals surface area contributed by atoms with Crippen molar-refractivity contribution in [1.82, 2.24) is 14.4 Å². The van der Waals surface area contributed by atoms with Crippen LogP contribution in [0.25, 0.3) is 27.8 Å². The maximum atomic E-state index is 13.2. The van der Waals surface area contributed by atoms with Crippen molar-refractivity contribution in [3.63, 3.8) is 0 Å². The van der Waals surface area contributed by atoms with E-state index in [0.717, 1.165) is 4.47 Å². The average molecular weight is 581 g/mol. The quantitative estimate of drug-likeness (QED) is 0.200. The monoisotopic (exact) mass is 580 g/mol. The number of carbonyl (C=O) groups excluding carboxylic acids is 1. The van der Waals surface area contributed by atoms with E-state index in [1.165, 1.54) is 12.3 Å². The van der Waals surface area contributed by atoms with E-state index in [2.05, 4.69) is 26.2 Å². The van der Waals surface area contributed by atoms with Crippen molar-refractivity contribution >= 4 is 54.4 Å². The summed E-state index contributed by atoms with van der Waals surface area (Å²) < 4.78 is 39.6. The number of pyridine rings is 2. The van der Waals surface area contributed by atoms with E-state index in [1.807, 2.05) is 18.3 Å². The molecule has 9 nitrogen and oxygen atoms in total. The molecule has 0 radical (unpaired) electrons. The SMILES string of the molecule is CCOC(=O)CNc1c(-c2cccc(OS(=O)(=O)c3cccc4cccnc34)c2)nc2ccc(Br)cn12. The van der Waals surface area contributed by atoms with Gasteiger partial charge in [-0.3, -0.25) is 14.2 Å². The molecule has 37 heavy (non-hydrogen) atoms. The van der Waals surface area contributed by atoms with Crippen LogP contribution < -0.4 is 9.50 Å². The van der Waals surface area contributed by atoms with Crippen molar-refractivity contribution < 1.29 is 22.1 Å². The first-order valence-corrected chi connectivity index (χ1v) is 13.5. The minimum absolute atomic E-state index is 0.0228. The normalized spacial score (nSPS) is 11.5. The predicted octanol–water partition coefficient (Wildman–Crippen LogP) is 5.05. The first-order chi connectivity index (χ1) is 17.9. The third kappa shape index (κ3) is 5.13. The van der Waals surface area contributed by atoms with Gasteiger partial charge in [0.15, 0.2) is 0 Å². The fraction of sp³-hybridized carbons (Fsp3) is 0.115. The highest BCUT2D eigenvalue weighted by molar-refractivity contribution is 9.10. The largest absolute Gasteiger partial charge is 0.465 e. The van der Waals surface area contributed by atoms with Crippen LogP contribution >= 0.6 is 15.9 Å². The van der Waals surface area contributed by atoms with Gasteiger partial charge >= 0.3 is 16.1 Å². The Morgan fingerprint density at radius 1 is 1.08 bits per heavy atom. The van der Waals surface area contributed by atoms with Crippen molar-refractivity contribution in [2.75, 3.05) is 18.5 Å². The van der Waals surface area contributed by atoms with Gasteiger partial charge in [0.2, 0.25) is 0 Å². The van der Waals surface area contributed by atoms with Crippen LogP contribution in [0.2, 0.25) is 0 Å². The molecule has 0 unspecified atom stereocenters. The van der Waals surface area contributed by atoms with Gasteiger partial charge in [-0.1, -0.05) is 30.3 Å². The molecule has 2 aromatic carbocycles. The highest BCUT2D eigenvalue weighted by atomic mass is 79.9. The number of para-hydroxylation sites is 1. The number of benzene rings is 2. The summed E-state index contributed by atoms with van der Waals surface area (Å²) >= 11 is 3.46. The number of halogens is 1. The minimum Gasteiger partial charge on any atom is -0.465 e. The Morgan fingerprint density at radius 3 is 2.73 bits per heavy atom. The van der Waals surface area contributed by atoms with Gasteiger partial charge in [-0.15, -0.1) is 0 Å². The average Bonchev–Trinajstić information content (AvgIpc) is 3.25. The molecule has 3 aromatic heterocycles. The summed E-state index contributed by atoms with van der Waals surface area (Å²) in [5.74, 6) is 0.243. The van der Waals surface area contributed by atoms with E-state index in [9.17, 15) is 13.2 Å². The summed E-state index contributed by atoms with van der Waals surface area (Å²) in [4.78, 5) is 20.9. The third-order valence-electron chi connectivity index (χ3n) is 5.47. The number of ether oxygens (including phenoxy) is 1. The lowest BCUT2D eigenvalue weighted by atomic mass is 10.1. The van der Waals surface area contributed by atoms with Crippen molar-refractivity contribution in [2.24, 2.45) is 0 Å². The first-order valence-electron chi connectivity index (χ1n) is 11.3. The van der Waals surface area contributed by atoms with Crippen LogP contribution in [-0.4, -0.2) is 41.9 Å². The number of nitrogens with one attached hydrogen (secondary N) is 1. The van der Waals surface area contributed by atoms with Crippen LogP contribution in [-0.2, 0) is 19.6 Å². The molecule has 1 N–H and O–H groups in total. The fourth-order valence-corrected chi connectivity index (χ4v) is 5.34. The Bertz CT molecular complexity index is 1730. The Kier molecular flexibility index (Phi) is 6.81. The molecular weight excluding hydrogens is 560 g/mol. The topological polar surface area (TPSA) is 112 Å². The molecule has 0 aliphatic heterocycles. The van der Waals surface area contributed by atoms with Crippen LogP contribution in [0.4, 0.5) is 5.82 Å². The van der Waals surface area contributed by atoms with Crippen molar-refractivity contribution in [3.8, 4) is 17.0 Å². The number of hydrogen-bond donors (Lipinski definition) is 1. The molecule has 0 aliphatic carbocycles. The van der Waals surface area contributed by atoms with Gasteiger partial charge in [0.05, 0.1) is 12.1 Å². The molecule has 0 saturated heterocycles. The van der Waals surface area contributed by atoms with Crippen molar-refractivity contribution in [1.29, 1.82) is 0 Å². The van der Waals surface area contributed by atoms with Gasteiger partial charge in [-0.05, 0) is 59.3 Å². The van der Waals surface area contributed by atoms with Crippen LogP contribution in [0, 0.1) is 0 Å². The van der Waals surface area contributed by atoms with Crippen LogP contribution in [0.15, 0.2) is 88.5 Å². The van der Waals surface area contributed by atoms with Crippen molar-refractivity contribution in [3.05, 3.63) is 83.6 Å². The molecule has 5 rings (SSSR count). The molecule has 0 fully saturated rings. The lowest BCUT2D eigenvalue weighted by molar-refractivity contribution is -0.140. The van der Waals surface area contributed by atoms with E-state index >= 15 is 0 Å². The molecule has 11 heteroatoms. The van der Waals surface area contributed by atoms with Gasteiger partial charge in [-0.25, -0.2) is 4.98 Å². The maximum Gasteiger partial charge on any atom is 0.341 e. The lowest BCUT2D eigenvalue weighted by Crippen LogP contribution is -2.17. The number of rotatable bonds is 8. The minimum atomic E-state index is -4.18. The summed E-state index contributed by atoms with van der Waals surface area (Å²) in [6.07, 6.45) is 3.35. The molecular formula is C26H21BrN4O5S. The standard InChI is InChI=1S/C26H21BrN4O5S/c1-2-35-23(32)15-29-26-25(30-22-12-11-19(27)16-31(22)26)18-7-3-9-20(14-18)36-37(33,34)21-10-4-6-17-8-5-13-28-24(17)21/h3-14,16,29H,2,15H2,1H3. The Labute approximate surface area is 221 Å². The molecule has 0 saturated carbocycles. The second-order valence-corrected chi connectivity index (χ2v) is 10.4. The van der Waals surface area contributed by atoms with E-state index in [1.54, 1.807) is 59.9 Å². The number of imidazole rings is 1. The number of carbonyl (C=O) groups is 1. The summed E-state index contributed by atoms with van der Waals surface area (Å²) in [7, 11) is -4.18. The highest BCUT2D eigenvalue weighted by Crippen LogP contribution is 2.33. The van der Waals surface area contributed by atoms with Crippen molar-refractivity contribution in [2.45, 2.75) is 11.8 Å². The number of nitrogens with zero attached hydrogens (tertiary/aromatic N) is 3. The Morgan fingerprint density at radius 2 is 1.89 bits per heavy atom. The third-order valence-corrected chi connectivity index (χ3v) is 7.22. The number of esters is 1. The number of anilines is 1. The van der Waals surface area contributed by atoms with Gasteiger partial charge in [0, 0.05) is 27.8 Å². The van der Waals surface area contributed by atoms with Gasteiger partial charge in [0.25, 0.3) is 0 Å². The molecule has 0 amide bonds. The van der Waals surface area contributed by atoms with Crippen LogP contribution in [0.3, 0.4) is 0 Å². The summed E-state index contributed by atoms with van der Waals surface area (Å²) in [6, 6.07) is 18.7. The van der Waals surface area contributed by atoms with Gasteiger partial charge in [0.1, 0.15) is 34.3 Å². The summed E-state index contributed by atoms with van der Waals surface area (Å²) in [5, 5.41) is 3.79. The Balaban J connectivity index is 1.52. The molecule has 3 heterocycles. The molecule has 5 aromatic rings. The maximum absolute atomic E-state index is 13.2. The van der Waals surface area contributed by atoms with Crippen LogP contribution in [0.1, 0.15) is 6.92 Å². The van der Waals surface area contributed by atoms with Gasteiger partial charge < -0.3 is 14.2 Å². The zero-order valence-electron chi connectivity index (χ0n) is 19.6. The highest BCUT2D eigenvalue weighted by Gasteiger charge is 2.22. The molecule has 0 aliphatic rings. The Hall–Kier alpha value is -3.96. The lowest BCUT2D eigenvalue weighted by Gasteiger charge is -2.11. The first kappa shape index (κ1) is 24.7. The second kappa shape index (κ2) is 10.2. The fourth-order valence-electron chi connectivity index (χ4n) is 3.90. The summed E-state index contributed by atoms with van der Waals surface area (Å²) in [5.41, 5.74) is 2.06. The zero-order chi connectivity index (χ0) is 26.0. The van der Waals surface area contributed by atoms with Gasteiger partial charge in [-0.2, -0.15) is 8.42 Å². The van der Waals surface area contributed by atoms with E-state index in [4.69, 9.17) is 13.9 Å². The number of aromatic nitrogens is 3. The second-order valence-electron chi connectivity index (χ2n) is 7.94. The van der Waals surface area contributed by atoms with E-state index in [0.29, 0.717) is 33.6 Å². The molecule has 0 bridgehead atoms. The van der Waals surface area contributed by atoms with Crippen LogP contribution in [0.5, 0.6) is 5.75 Å². The summed E-state index contributed by atoms with van der Waals surface area (Å²) in [6.45, 7) is 1.94. The van der Waals surface area contributed by atoms with E-state index < -0.39 is 16.1 Å². The zero-order valence-corrected chi connectivity index (χ0v) is 22.0. The van der Waals surface area contributed by atoms with E-state index in [-0.39, 0.29) is 23.8 Å². The molecule has 188 valence electrons. The predicted molar refractivity (Wildman–Crippen MR) is 143 cm³/mol. The molecule has 0 spiro atoms.